The summed E-state index contributed by atoms with van der Waals surface area (Å²) in [4.78, 5) is 20.5. The molecule has 3 atom stereocenters. The predicted octanol–water partition coefficient (Wildman–Crippen LogP) is -1.67. The van der Waals surface area contributed by atoms with Crippen molar-refractivity contribution < 1.29 is 29.3 Å². The first-order chi connectivity index (χ1) is 5.75. The van der Waals surface area contributed by atoms with Gasteiger partial charge in [0.15, 0.2) is 17.3 Å². The van der Waals surface area contributed by atoms with Crippen LogP contribution in [0.15, 0.2) is 0 Å². The zero-order valence-electron chi connectivity index (χ0n) is 6.40. The first-order valence-corrected chi connectivity index (χ1v) is 3.38. The minimum atomic E-state index is -2.76. The highest BCUT2D eigenvalue weighted by atomic mass is 19.1. The third-order valence-electron chi connectivity index (χ3n) is 2.20. The summed E-state index contributed by atoms with van der Waals surface area (Å²) >= 11 is 0. The lowest BCUT2D eigenvalue weighted by atomic mass is 10.1. The number of carboxylic acids is 2. The molecule has 0 radical (unpaired) electrons. The van der Waals surface area contributed by atoms with Crippen LogP contribution in [-0.2, 0) is 9.59 Å². The molecule has 6 nitrogen and oxygen atoms in total. The normalized spacial score (nSPS) is 39.6. The van der Waals surface area contributed by atoms with Gasteiger partial charge in [0.25, 0.3) is 0 Å². The lowest BCUT2D eigenvalue weighted by molar-refractivity contribution is -0.153. The summed E-state index contributed by atoms with van der Waals surface area (Å²) in [5.74, 6) is -3.48. The molecule has 1 saturated carbocycles. The van der Waals surface area contributed by atoms with Crippen molar-refractivity contribution in [1.29, 1.82) is 0 Å². The number of carbonyl (C=O) groups is 2. The Morgan fingerprint density at radius 2 is 1.92 bits per heavy atom. The van der Waals surface area contributed by atoms with E-state index in [4.69, 9.17) is 21.1 Å². The standard InChI is InChI=1S/C6H8FNO5/c7-5(2(9)3(10)11)1-6(5,8)4(12)13/h2,9H,1,8H2,(H,10,11)(H,12,13)/t2?,5-,6?/m1/s1. The number of aliphatic hydroxyl groups excluding tert-OH is 1. The van der Waals surface area contributed by atoms with Gasteiger partial charge in [0.2, 0.25) is 0 Å². The molecule has 0 aromatic heterocycles. The number of aliphatic hydroxyl groups is 1. The number of halogens is 1. The van der Waals surface area contributed by atoms with Crippen LogP contribution in [0.2, 0.25) is 0 Å². The summed E-state index contributed by atoms with van der Waals surface area (Å²) in [6.45, 7) is 0. The summed E-state index contributed by atoms with van der Waals surface area (Å²) in [7, 11) is 0. The minimum absolute atomic E-state index is 0.692. The molecular formula is C6H8FNO5. The van der Waals surface area contributed by atoms with Crippen LogP contribution in [0.25, 0.3) is 0 Å². The SMILES string of the molecule is NC1(C(=O)O)C[C@@]1(F)C(O)C(=O)O. The average Bonchev–Trinajstić information content (AvgIpc) is 2.56. The highest BCUT2D eigenvalue weighted by molar-refractivity contribution is 5.89. The Hall–Kier alpha value is -1.21. The summed E-state index contributed by atoms with van der Waals surface area (Å²) in [6.07, 6.45) is -3.09. The lowest BCUT2D eigenvalue weighted by Gasteiger charge is -2.14. The minimum Gasteiger partial charge on any atom is -0.480 e. The Labute approximate surface area is 71.8 Å². The number of hydrogen-bond acceptors (Lipinski definition) is 4. The molecule has 0 saturated heterocycles. The second kappa shape index (κ2) is 2.39. The van der Waals surface area contributed by atoms with Gasteiger partial charge in [0.1, 0.15) is 0 Å². The van der Waals surface area contributed by atoms with Crippen molar-refractivity contribution in [2.45, 2.75) is 23.7 Å². The maximum atomic E-state index is 13.3. The lowest BCUT2D eigenvalue weighted by Crippen LogP contribution is -2.48. The van der Waals surface area contributed by atoms with E-state index in [0.717, 1.165) is 0 Å². The molecule has 1 fully saturated rings. The average molecular weight is 193 g/mol. The fourth-order valence-electron chi connectivity index (χ4n) is 1.15. The van der Waals surface area contributed by atoms with Crippen molar-refractivity contribution in [1.82, 2.24) is 0 Å². The van der Waals surface area contributed by atoms with Gasteiger partial charge in [-0.15, -0.1) is 0 Å². The second-order valence-corrected chi connectivity index (χ2v) is 3.06. The van der Waals surface area contributed by atoms with Crippen LogP contribution in [0.3, 0.4) is 0 Å². The predicted molar refractivity (Wildman–Crippen MR) is 36.7 cm³/mol. The fraction of sp³-hybridized carbons (Fsp3) is 0.667. The van der Waals surface area contributed by atoms with Crippen LogP contribution in [0.5, 0.6) is 0 Å². The highest BCUT2D eigenvalue weighted by Crippen LogP contribution is 2.52. The summed E-state index contributed by atoms with van der Waals surface area (Å²) in [6, 6.07) is 0. The summed E-state index contributed by atoms with van der Waals surface area (Å²) in [5, 5.41) is 25.4. The zero-order valence-corrected chi connectivity index (χ0v) is 6.40. The van der Waals surface area contributed by atoms with Gasteiger partial charge in [-0.2, -0.15) is 0 Å². The maximum Gasteiger partial charge on any atom is 0.336 e. The fourth-order valence-corrected chi connectivity index (χ4v) is 1.15. The molecule has 0 aromatic rings. The molecule has 0 aromatic carbocycles. The van der Waals surface area contributed by atoms with Gasteiger partial charge in [-0.25, -0.2) is 9.18 Å². The number of nitrogens with two attached hydrogens (primary N) is 1. The molecule has 1 aliphatic carbocycles. The van der Waals surface area contributed by atoms with Crippen molar-refractivity contribution in [3.63, 3.8) is 0 Å². The maximum absolute atomic E-state index is 13.3. The number of alkyl halides is 1. The van der Waals surface area contributed by atoms with Crippen molar-refractivity contribution >= 4 is 11.9 Å². The summed E-state index contributed by atoms with van der Waals surface area (Å²) < 4.78 is 13.3. The van der Waals surface area contributed by atoms with E-state index in [9.17, 15) is 14.0 Å². The molecule has 0 aliphatic heterocycles. The largest absolute Gasteiger partial charge is 0.480 e. The van der Waals surface area contributed by atoms with Crippen molar-refractivity contribution in [3.05, 3.63) is 0 Å². The Morgan fingerprint density at radius 3 is 2.15 bits per heavy atom. The van der Waals surface area contributed by atoms with Gasteiger partial charge in [-0.1, -0.05) is 0 Å². The molecule has 5 N–H and O–H groups in total. The van der Waals surface area contributed by atoms with Gasteiger partial charge in [-0.05, 0) is 0 Å². The van der Waals surface area contributed by atoms with E-state index in [0.29, 0.717) is 0 Å². The Balaban J connectivity index is 2.86. The Bertz CT molecular complexity index is 282. The molecule has 0 spiro atoms. The van der Waals surface area contributed by atoms with E-state index < -0.39 is 35.7 Å². The van der Waals surface area contributed by atoms with E-state index in [1.165, 1.54) is 0 Å². The second-order valence-electron chi connectivity index (χ2n) is 3.06. The van der Waals surface area contributed by atoms with E-state index in [2.05, 4.69) is 0 Å². The molecule has 7 heteroatoms. The zero-order chi connectivity index (χ0) is 10.4. The first kappa shape index (κ1) is 9.87. The third kappa shape index (κ3) is 1.08. The smallest absolute Gasteiger partial charge is 0.336 e. The molecular weight excluding hydrogens is 185 g/mol. The van der Waals surface area contributed by atoms with Crippen LogP contribution in [-0.4, -0.2) is 44.6 Å². The molecule has 1 rings (SSSR count). The van der Waals surface area contributed by atoms with Crippen LogP contribution in [0.4, 0.5) is 4.39 Å². The molecule has 0 amide bonds. The van der Waals surface area contributed by atoms with Crippen LogP contribution < -0.4 is 5.73 Å². The molecule has 13 heavy (non-hydrogen) atoms. The van der Waals surface area contributed by atoms with Gasteiger partial charge in [0, 0.05) is 6.42 Å². The number of hydrogen-bond donors (Lipinski definition) is 4. The topological polar surface area (TPSA) is 121 Å². The van der Waals surface area contributed by atoms with Crippen molar-refractivity contribution in [2.24, 2.45) is 5.73 Å². The van der Waals surface area contributed by atoms with E-state index in [1.807, 2.05) is 0 Å². The van der Waals surface area contributed by atoms with Crippen molar-refractivity contribution in [2.75, 3.05) is 0 Å². The van der Waals surface area contributed by atoms with Gasteiger partial charge >= 0.3 is 11.9 Å². The monoisotopic (exact) mass is 193 g/mol. The molecule has 1 aliphatic rings. The number of rotatable bonds is 3. The van der Waals surface area contributed by atoms with E-state index in [1.54, 1.807) is 0 Å². The van der Waals surface area contributed by atoms with Gasteiger partial charge in [0.05, 0.1) is 0 Å². The van der Waals surface area contributed by atoms with Gasteiger partial charge < -0.3 is 21.1 Å². The number of carboxylic acid groups (broad SMARTS) is 2. The van der Waals surface area contributed by atoms with Crippen molar-refractivity contribution in [3.8, 4) is 0 Å². The van der Waals surface area contributed by atoms with Crippen LogP contribution in [0.1, 0.15) is 6.42 Å². The molecule has 2 unspecified atom stereocenters. The van der Waals surface area contributed by atoms with Crippen LogP contribution >= 0.6 is 0 Å². The highest BCUT2D eigenvalue weighted by Gasteiger charge is 2.77. The number of aliphatic carboxylic acids is 2. The molecule has 74 valence electrons. The third-order valence-corrected chi connectivity index (χ3v) is 2.20. The summed E-state index contributed by atoms with van der Waals surface area (Å²) in [5.41, 5.74) is -0.0236. The quantitative estimate of drug-likeness (QED) is 0.425. The van der Waals surface area contributed by atoms with E-state index >= 15 is 0 Å². The first-order valence-electron chi connectivity index (χ1n) is 3.38. The van der Waals surface area contributed by atoms with Gasteiger partial charge in [-0.3, -0.25) is 4.79 Å². The molecule has 0 bridgehead atoms. The molecule has 0 heterocycles. The van der Waals surface area contributed by atoms with Crippen LogP contribution in [0, 0.1) is 0 Å². The Kier molecular flexibility index (Phi) is 1.82. The Morgan fingerprint density at radius 1 is 1.46 bits per heavy atom. The van der Waals surface area contributed by atoms with E-state index in [-0.39, 0.29) is 0 Å².